The molecule has 0 bridgehead atoms. The fourth-order valence-corrected chi connectivity index (χ4v) is 4.33. The minimum absolute atomic E-state index is 0.0655. The third-order valence-corrected chi connectivity index (χ3v) is 5.86. The number of nitrogens with zero attached hydrogens (tertiary/aromatic N) is 1. The topological polar surface area (TPSA) is 105 Å². The van der Waals surface area contributed by atoms with Gasteiger partial charge >= 0.3 is 0 Å². The van der Waals surface area contributed by atoms with Gasteiger partial charge in [0.05, 0.1) is 17.3 Å². The molecule has 144 valence electrons. The number of carbonyl (C=O) groups excluding carboxylic acids is 2. The smallest absolute Gasteiger partial charge is 0.262 e. The highest BCUT2D eigenvalue weighted by Gasteiger charge is 2.30. The Kier molecular flexibility index (Phi) is 5.84. The maximum atomic E-state index is 13.0. The van der Waals surface area contributed by atoms with Gasteiger partial charge in [0.1, 0.15) is 10.6 Å². The maximum Gasteiger partial charge on any atom is 0.262 e. The molecule has 2 N–H and O–H groups in total. The molecule has 0 saturated carbocycles. The summed E-state index contributed by atoms with van der Waals surface area (Å²) in [4.78, 5) is 23.3. The van der Waals surface area contributed by atoms with Crippen molar-refractivity contribution >= 4 is 39.1 Å². The van der Waals surface area contributed by atoms with Gasteiger partial charge in [0.25, 0.3) is 5.91 Å². The number of benzene rings is 1. The van der Waals surface area contributed by atoms with Crippen molar-refractivity contribution < 1.29 is 22.7 Å². The third kappa shape index (κ3) is 4.66. The molecule has 0 spiro atoms. The van der Waals surface area contributed by atoms with Crippen molar-refractivity contribution in [3.63, 3.8) is 0 Å². The van der Waals surface area contributed by atoms with Crippen LogP contribution in [0.2, 0.25) is 5.02 Å². The lowest BCUT2D eigenvalue weighted by atomic mass is 10.1. The Morgan fingerprint density at radius 1 is 1.38 bits per heavy atom. The van der Waals surface area contributed by atoms with Crippen LogP contribution in [0.25, 0.3) is 0 Å². The van der Waals surface area contributed by atoms with Crippen molar-refractivity contribution in [2.45, 2.75) is 38.1 Å². The first-order chi connectivity index (χ1) is 11.9. The average molecular weight is 404 g/mol. The summed E-state index contributed by atoms with van der Waals surface area (Å²) in [7, 11) is -4.03. The summed E-state index contributed by atoms with van der Waals surface area (Å²) in [6, 6.07) is 2.58. The van der Waals surface area contributed by atoms with Crippen LogP contribution in [0.1, 0.15) is 27.7 Å². The summed E-state index contributed by atoms with van der Waals surface area (Å²) < 4.78 is 32.2. The largest absolute Gasteiger partial charge is 0.482 e. The lowest BCUT2D eigenvalue weighted by molar-refractivity contribution is -0.122. The maximum absolute atomic E-state index is 13.0. The molecule has 1 aromatic rings. The molecule has 1 heterocycles. The Morgan fingerprint density at radius 2 is 2.04 bits per heavy atom. The molecule has 0 atom stereocenters. The van der Waals surface area contributed by atoms with Gasteiger partial charge in [-0.2, -0.15) is 4.31 Å². The van der Waals surface area contributed by atoms with Crippen LogP contribution in [-0.4, -0.2) is 49.8 Å². The quantitative estimate of drug-likeness (QED) is 0.776. The van der Waals surface area contributed by atoms with Crippen molar-refractivity contribution in [1.29, 1.82) is 0 Å². The number of carbonyl (C=O) groups is 2. The van der Waals surface area contributed by atoms with Gasteiger partial charge in [0.2, 0.25) is 15.9 Å². The van der Waals surface area contributed by atoms with Crippen molar-refractivity contribution in [3.8, 4) is 5.75 Å². The lowest BCUT2D eigenvalue weighted by Crippen LogP contribution is -2.47. The first-order valence-electron chi connectivity index (χ1n) is 8.01. The van der Waals surface area contributed by atoms with E-state index in [2.05, 4.69) is 10.6 Å². The van der Waals surface area contributed by atoms with E-state index in [1.165, 1.54) is 12.1 Å². The second-order valence-electron chi connectivity index (χ2n) is 6.85. The summed E-state index contributed by atoms with van der Waals surface area (Å²) in [6.45, 7) is 6.60. The van der Waals surface area contributed by atoms with Crippen LogP contribution in [0, 0.1) is 0 Å². The second kappa shape index (κ2) is 7.42. The number of rotatable bonds is 5. The fraction of sp³-hybridized carbons (Fsp3) is 0.500. The number of likely N-dealkylation sites (N-methyl/N-ethyl adjacent to an activating group) is 1. The first kappa shape index (κ1) is 20.5. The van der Waals surface area contributed by atoms with E-state index in [-0.39, 0.29) is 41.3 Å². The first-order valence-corrected chi connectivity index (χ1v) is 9.83. The van der Waals surface area contributed by atoms with Crippen LogP contribution in [0.15, 0.2) is 17.0 Å². The monoisotopic (exact) mass is 403 g/mol. The van der Waals surface area contributed by atoms with E-state index in [4.69, 9.17) is 16.3 Å². The highest BCUT2D eigenvalue weighted by molar-refractivity contribution is 7.89. The van der Waals surface area contributed by atoms with Gasteiger partial charge in [-0.1, -0.05) is 18.5 Å². The number of ether oxygens (including phenoxy) is 1. The Labute approximate surface area is 157 Å². The van der Waals surface area contributed by atoms with Crippen LogP contribution >= 0.6 is 11.6 Å². The molecule has 26 heavy (non-hydrogen) atoms. The number of nitrogens with one attached hydrogen (secondary N) is 2. The molecule has 10 heteroatoms. The number of hydrogen-bond acceptors (Lipinski definition) is 5. The standard InChI is InChI=1S/C16H22ClN3O5S/c1-5-20(8-14(21)19-16(2,3)4)26(23,24)13-7-12-11(6-10(13)17)18-15(22)9-25-12/h6-7H,5,8-9H2,1-4H3,(H,18,22)(H,19,21). The predicted molar refractivity (Wildman–Crippen MR) is 97.9 cm³/mol. The fourth-order valence-electron chi connectivity index (χ4n) is 2.40. The molecular formula is C16H22ClN3O5S. The molecule has 0 fully saturated rings. The third-order valence-electron chi connectivity index (χ3n) is 3.47. The predicted octanol–water partition coefficient (Wildman–Crippen LogP) is 1.60. The van der Waals surface area contributed by atoms with Crippen molar-refractivity contribution in [1.82, 2.24) is 9.62 Å². The number of amides is 2. The number of sulfonamides is 1. The molecule has 1 aromatic carbocycles. The lowest BCUT2D eigenvalue weighted by Gasteiger charge is -2.25. The van der Waals surface area contributed by atoms with E-state index in [9.17, 15) is 18.0 Å². The van der Waals surface area contributed by atoms with E-state index in [1.807, 2.05) is 20.8 Å². The van der Waals surface area contributed by atoms with Gasteiger partial charge in [0.15, 0.2) is 6.61 Å². The van der Waals surface area contributed by atoms with Crippen LogP contribution in [0.4, 0.5) is 5.69 Å². The van der Waals surface area contributed by atoms with Crippen molar-refractivity contribution in [3.05, 3.63) is 17.2 Å². The Balaban J connectivity index is 2.33. The molecule has 0 radical (unpaired) electrons. The summed E-state index contributed by atoms with van der Waals surface area (Å²) >= 11 is 6.12. The molecular weight excluding hydrogens is 382 g/mol. The second-order valence-corrected chi connectivity index (χ2v) is 9.16. The summed E-state index contributed by atoms with van der Waals surface area (Å²) in [5.74, 6) is -0.554. The van der Waals surface area contributed by atoms with Crippen LogP contribution < -0.4 is 15.4 Å². The molecule has 1 aliphatic rings. The minimum Gasteiger partial charge on any atom is -0.482 e. The van der Waals surface area contributed by atoms with Gasteiger partial charge in [0, 0.05) is 18.2 Å². The van der Waals surface area contributed by atoms with Crippen LogP contribution in [0.3, 0.4) is 0 Å². The SMILES string of the molecule is CCN(CC(=O)NC(C)(C)C)S(=O)(=O)c1cc2c(cc1Cl)NC(=O)CO2. The van der Waals surface area contributed by atoms with E-state index in [0.717, 1.165) is 4.31 Å². The number of anilines is 1. The number of halogens is 1. The van der Waals surface area contributed by atoms with Crippen LogP contribution in [0.5, 0.6) is 5.75 Å². The molecule has 0 aromatic heterocycles. The van der Waals surface area contributed by atoms with E-state index in [0.29, 0.717) is 5.69 Å². The Morgan fingerprint density at radius 3 is 2.62 bits per heavy atom. The van der Waals surface area contributed by atoms with Gasteiger partial charge in [-0.25, -0.2) is 8.42 Å². The number of hydrogen-bond donors (Lipinski definition) is 2. The van der Waals surface area contributed by atoms with Gasteiger partial charge in [-0.05, 0) is 26.8 Å². The summed E-state index contributed by atoms with van der Waals surface area (Å²) in [5.41, 5.74) is -0.172. The Bertz CT molecular complexity index is 833. The molecule has 8 nitrogen and oxygen atoms in total. The minimum atomic E-state index is -4.03. The highest BCUT2D eigenvalue weighted by Crippen LogP contribution is 2.36. The molecule has 1 aliphatic heterocycles. The van der Waals surface area contributed by atoms with E-state index >= 15 is 0 Å². The van der Waals surface area contributed by atoms with Gasteiger partial charge < -0.3 is 15.4 Å². The zero-order chi connectivity index (χ0) is 19.7. The van der Waals surface area contributed by atoms with Crippen LogP contribution in [-0.2, 0) is 19.6 Å². The molecule has 0 saturated heterocycles. The molecule has 0 unspecified atom stereocenters. The highest BCUT2D eigenvalue weighted by atomic mass is 35.5. The van der Waals surface area contributed by atoms with E-state index < -0.39 is 21.5 Å². The summed E-state index contributed by atoms with van der Waals surface area (Å²) in [5, 5.41) is 5.22. The Hall–Kier alpha value is -1.84. The normalized spacial score (nSPS) is 14.5. The van der Waals surface area contributed by atoms with E-state index in [1.54, 1.807) is 6.92 Å². The zero-order valence-corrected chi connectivity index (χ0v) is 16.6. The van der Waals surface area contributed by atoms with Gasteiger partial charge in [-0.3, -0.25) is 9.59 Å². The summed E-state index contributed by atoms with van der Waals surface area (Å²) in [6.07, 6.45) is 0. The number of fused-ring (bicyclic) bond motifs is 1. The molecule has 0 aliphatic carbocycles. The average Bonchev–Trinajstić information content (AvgIpc) is 2.49. The van der Waals surface area contributed by atoms with Gasteiger partial charge in [-0.15, -0.1) is 0 Å². The molecule has 2 rings (SSSR count). The van der Waals surface area contributed by atoms with Crippen molar-refractivity contribution in [2.75, 3.05) is 25.0 Å². The molecule has 2 amide bonds. The zero-order valence-electron chi connectivity index (χ0n) is 15.1. The van der Waals surface area contributed by atoms with Crippen molar-refractivity contribution in [2.24, 2.45) is 0 Å².